The van der Waals surface area contributed by atoms with Crippen LogP contribution in [0.15, 0.2) is 60.9 Å². The first-order valence-corrected chi connectivity index (χ1v) is 8.52. The lowest BCUT2D eigenvalue weighted by molar-refractivity contribution is -0.120. The molecule has 0 fully saturated rings. The molecule has 1 aliphatic rings. The first kappa shape index (κ1) is 16.2. The number of nitrogens with zero attached hydrogens (tertiary/aromatic N) is 2. The van der Waals surface area contributed by atoms with E-state index in [2.05, 4.69) is 10.4 Å². The number of rotatable bonds is 5. The van der Waals surface area contributed by atoms with Crippen molar-refractivity contribution in [1.82, 2.24) is 15.1 Å². The summed E-state index contributed by atoms with van der Waals surface area (Å²) in [5.74, 6) is 1.38. The Hall–Kier alpha value is -3.28. The lowest BCUT2D eigenvalue weighted by Crippen LogP contribution is -2.24. The normalized spacial score (nSPS) is 12.6. The zero-order chi connectivity index (χ0) is 17.8. The van der Waals surface area contributed by atoms with Crippen molar-refractivity contribution in [3.63, 3.8) is 0 Å². The molecule has 6 nitrogen and oxygen atoms in total. The molecule has 2 aromatic carbocycles. The average Bonchev–Trinajstić information content (AvgIpc) is 3.16. The molecule has 0 saturated heterocycles. The van der Waals surface area contributed by atoms with E-state index in [9.17, 15) is 4.79 Å². The topological polar surface area (TPSA) is 65.4 Å². The molecule has 0 saturated carbocycles. The average molecular weight is 349 g/mol. The quantitative estimate of drug-likeness (QED) is 0.769. The van der Waals surface area contributed by atoms with Gasteiger partial charge in [0.1, 0.15) is 13.2 Å². The molecule has 0 atom stereocenters. The van der Waals surface area contributed by atoms with Crippen molar-refractivity contribution in [3.8, 4) is 17.2 Å². The van der Waals surface area contributed by atoms with Gasteiger partial charge in [0.25, 0.3) is 0 Å². The number of carbonyl (C=O) groups is 1. The van der Waals surface area contributed by atoms with Crippen molar-refractivity contribution in [3.05, 3.63) is 72.1 Å². The van der Waals surface area contributed by atoms with Gasteiger partial charge in [-0.1, -0.05) is 24.3 Å². The Bertz CT molecular complexity index is 906. The van der Waals surface area contributed by atoms with Crippen molar-refractivity contribution in [2.24, 2.45) is 0 Å². The Balaban J connectivity index is 1.34. The SMILES string of the molecule is O=C(Cc1ccc2c(c1)OCCO2)NCc1cnn(-c2ccccc2)c1. The fourth-order valence-electron chi connectivity index (χ4n) is 2.82. The molecule has 3 aromatic rings. The number of carbonyl (C=O) groups excluding carboxylic acids is 1. The monoisotopic (exact) mass is 349 g/mol. The third-order valence-corrected chi connectivity index (χ3v) is 4.12. The Labute approximate surface area is 151 Å². The van der Waals surface area contributed by atoms with Gasteiger partial charge in [0.2, 0.25) is 5.91 Å². The molecule has 6 heteroatoms. The molecule has 1 aromatic heterocycles. The maximum Gasteiger partial charge on any atom is 0.224 e. The third-order valence-electron chi connectivity index (χ3n) is 4.12. The largest absolute Gasteiger partial charge is 0.486 e. The van der Waals surface area contributed by atoms with E-state index in [-0.39, 0.29) is 5.91 Å². The van der Waals surface area contributed by atoms with Crippen molar-refractivity contribution in [2.75, 3.05) is 13.2 Å². The van der Waals surface area contributed by atoms with Crippen molar-refractivity contribution in [1.29, 1.82) is 0 Å². The number of benzene rings is 2. The number of fused-ring (bicyclic) bond motifs is 1. The molecule has 2 heterocycles. The summed E-state index contributed by atoms with van der Waals surface area (Å²) in [6.45, 7) is 1.54. The number of hydrogen-bond donors (Lipinski definition) is 1. The van der Waals surface area contributed by atoms with Gasteiger partial charge in [-0.05, 0) is 29.8 Å². The minimum absolute atomic E-state index is 0.0471. The summed E-state index contributed by atoms with van der Waals surface area (Å²) >= 11 is 0. The van der Waals surface area contributed by atoms with E-state index < -0.39 is 0 Å². The van der Waals surface area contributed by atoms with Gasteiger partial charge in [-0.25, -0.2) is 4.68 Å². The summed E-state index contributed by atoms with van der Waals surface area (Å²) in [5, 5.41) is 7.26. The highest BCUT2D eigenvalue weighted by Crippen LogP contribution is 2.30. The first-order chi connectivity index (χ1) is 12.8. The van der Waals surface area contributed by atoms with Crippen LogP contribution < -0.4 is 14.8 Å². The van der Waals surface area contributed by atoms with Crippen LogP contribution in [0.25, 0.3) is 5.69 Å². The van der Waals surface area contributed by atoms with Crippen LogP contribution in [0.5, 0.6) is 11.5 Å². The summed E-state index contributed by atoms with van der Waals surface area (Å²) in [7, 11) is 0. The van der Waals surface area contributed by atoms with E-state index in [0.717, 1.165) is 22.6 Å². The molecule has 0 aliphatic carbocycles. The van der Waals surface area contributed by atoms with Gasteiger partial charge in [0.15, 0.2) is 11.5 Å². The summed E-state index contributed by atoms with van der Waals surface area (Å²) in [6, 6.07) is 15.5. The maximum atomic E-state index is 12.2. The van der Waals surface area contributed by atoms with Crippen LogP contribution in [0.4, 0.5) is 0 Å². The fraction of sp³-hybridized carbons (Fsp3) is 0.200. The minimum Gasteiger partial charge on any atom is -0.486 e. The molecule has 1 aliphatic heterocycles. The summed E-state index contributed by atoms with van der Waals surface area (Å²) < 4.78 is 12.8. The highest BCUT2D eigenvalue weighted by Gasteiger charge is 2.13. The van der Waals surface area contributed by atoms with Crippen LogP contribution >= 0.6 is 0 Å². The van der Waals surface area contributed by atoms with Crippen molar-refractivity contribution >= 4 is 5.91 Å². The number of nitrogens with one attached hydrogen (secondary N) is 1. The Morgan fingerprint density at radius 3 is 2.69 bits per heavy atom. The molecular weight excluding hydrogens is 330 g/mol. The van der Waals surface area contributed by atoms with Gasteiger partial charge in [0.05, 0.1) is 18.3 Å². The molecular formula is C20H19N3O3. The molecule has 0 bridgehead atoms. The Morgan fingerprint density at radius 2 is 1.85 bits per heavy atom. The third kappa shape index (κ3) is 3.69. The van der Waals surface area contributed by atoms with Gasteiger partial charge in [-0.15, -0.1) is 0 Å². The zero-order valence-corrected chi connectivity index (χ0v) is 14.2. The zero-order valence-electron chi connectivity index (χ0n) is 14.2. The lowest BCUT2D eigenvalue weighted by Gasteiger charge is -2.18. The molecule has 0 radical (unpaired) electrons. The number of amides is 1. The summed E-state index contributed by atoms with van der Waals surface area (Å²) in [5.41, 5.74) is 2.83. The number of hydrogen-bond acceptors (Lipinski definition) is 4. The molecule has 132 valence electrons. The van der Waals surface area contributed by atoms with Crippen molar-refractivity contribution in [2.45, 2.75) is 13.0 Å². The number of ether oxygens (including phenoxy) is 2. The maximum absolute atomic E-state index is 12.2. The first-order valence-electron chi connectivity index (χ1n) is 8.52. The van der Waals surface area contributed by atoms with Crippen molar-refractivity contribution < 1.29 is 14.3 Å². The van der Waals surface area contributed by atoms with Crippen LogP contribution in [-0.4, -0.2) is 28.9 Å². The number of aromatic nitrogens is 2. The van der Waals surface area contributed by atoms with Gasteiger partial charge in [-0.3, -0.25) is 4.79 Å². The standard InChI is InChI=1S/C20H19N3O3/c24-20(11-15-6-7-18-19(10-15)26-9-8-25-18)21-12-16-13-22-23(14-16)17-4-2-1-3-5-17/h1-7,10,13-14H,8-9,11-12H2,(H,21,24). The van der Waals surface area contributed by atoms with Gasteiger partial charge < -0.3 is 14.8 Å². The Morgan fingerprint density at radius 1 is 1.04 bits per heavy atom. The van der Waals surface area contributed by atoms with Gasteiger partial charge in [0, 0.05) is 18.3 Å². The minimum atomic E-state index is -0.0471. The predicted molar refractivity (Wildman–Crippen MR) is 96.5 cm³/mol. The van der Waals surface area contributed by atoms with Crippen LogP contribution in [0.1, 0.15) is 11.1 Å². The molecule has 4 rings (SSSR count). The smallest absolute Gasteiger partial charge is 0.224 e. The molecule has 0 spiro atoms. The number of para-hydroxylation sites is 1. The van der Waals surface area contributed by atoms with E-state index in [1.807, 2.05) is 54.7 Å². The van der Waals surface area contributed by atoms with E-state index in [4.69, 9.17) is 9.47 Å². The second-order valence-electron chi connectivity index (χ2n) is 6.06. The second kappa shape index (κ2) is 7.31. The Kier molecular flexibility index (Phi) is 4.55. The highest BCUT2D eigenvalue weighted by molar-refractivity contribution is 5.78. The molecule has 1 amide bonds. The predicted octanol–water partition coefficient (Wildman–Crippen LogP) is 2.50. The lowest BCUT2D eigenvalue weighted by atomic mass is 10.1. The van der Waals surface area contributed by atoms with Gasteiger partial charge in [-0.2, -0.15) is 5.10 Å². The highest BCUT2D eigenvalue weighted by atomic mass is 16.6. The second-order valence-corrected chi connectivity index (χ2v) is 6.06. The van der Waals surface area contributed by atoms with Crippen LogP contribution in [0.2, 0.25) is 0 Å². The van der Waals surface area contributed by atoms with Gasteiger partial charge >= 0.3 is 0 Å². The molecule has 0 unspecified atom stereocenters. The van der Waals surface area contributed by atoms with Crippen LogP contribution in [-0.2, 0) is 17.8 Å². The van der Waals surface area contributed by atoms with E-state index in [1.54, 1.807) is 10.9 Å². The molecule has 26 heavy (non-hydrogen) atoms. The van der Waals surface area contributed by atoms with E-state index in [0.29, 0.717) is 31.9 Å². The fourth-order valence-corrected chi connectivity index (χ4v) is 2.82. The van der Waals surface area contributed by atoms with Crippen LogP contribution in [0.3, 0.4) is 0 Å². The summed E-state index contributed by atoms with van der Waals surface area (Å²) in [6.07, 6.45) is 3.97. The van der Waals surface area contributed by atoms with E-state index >= 15 is 0 Å². The van der Waals surface area contributed by atoms with E-state index in [1.165, 1.54) is 0 Å². The summed E-state index contributed by atoms with van der Waals surface area (Å²) in [4.78, 5) is 12.2. The molecule has 1 N–H and O–H groups in total. The van der Waals surface area contributed by atoms with Crippen LogP contribution in [0, 0.1) is 0 Å².